The molecule has 0 fully saturated rings. The summed E-state index contributed by atoms with van der Waals surface area (Å²) >= 11 is 3.42. The van der Waals surface area contributed by atoms with Gasteiger partial charge in [0.15, 0.2) is 11.5 Å². The summed E-state index contributed by atoms with van der Waals surface area (Å²) in [6, 6.07) is 6.95. The molecule has 90 valence electrons. The second-order valence-electron chi connectivity index (χ2n) is 3.82. The van der Waals surface area contributed by atoms with Crippen molar-refractivity contribution in [3.63, 3.8) is 0 Å². The Morgan fingerprint density at radius 3 is 2.83 bits per heavy atom. The van der Waals surface area contributed by atoms with Crippen molar-refractivity contribution in [2.75, 3.05) is 5.73 Å². The van der Waals surface area contributed by atoms with Gasteiger partial charge in [0.1, 0.15) is 10.4 Å². The molecule has 0 unspecified atom stereocenters. The smallest absolute Gasteiger partial charge is 0.181 e. The summed E-state index contributed by atoms with van der Waals surface area (Å²) in [7, 11) is 0. The number of aromatic nitrogens is 3. The van der Waals surface area contributed by atoms with Crippen LogP contribution in [0, 0.1) is 0 Å². The fourth-order valence-electron chi connectivity index (χ4n) is 1.86. The maximum absolute atomic E-state index is 9.54. The molecular formula is C12H9BrN4O. The highest BCUT2D eigenvalue weighted by atomic mass is 79.9. The van der Waals surface area contributed by atoms with E-state index in [1.54, 1.807) is 30.6 Å². The minimum Gasteiger partial charge on any atom is -0.508 e. The molecule has 0 atom stereocenters. The number of hydrogen-bond donors (Lipinski definition) is 2. The predicted molar refractivity (Wildman–Crippen MR) is 72.2 cm³/mol. The third-order valence-corrected chi connectivity index (χ3v) is 3.22. The van der Waals surface area contributed by atoms with Gasteiger partial charge in [0.25, 0.3) is 0 Å². The van der Waals surface area contributed by atoms with Crippen LogP contribution in [0.1, 0.15) is 0 Å². The molecule has 18 heavy (non-hydrogen) atoms. The Morgan fingerprint density at radius 1 is 1.22 bits per heavy atom. The zero-order valence-corrected chi connectivity index (χ0v) is 10.8. The summed E-state index contributed by atoms with van der Waals surface area (Å²) in [6.07, 6.45) is 3.32. The van der Waals surface area contributed by atoms with Crippen molar-refractivity contribution < 1.29 is 5.11 Å². The largest absolute Gasteiger partial charge is 0.508 e. The summed E-state index contributed by atoms with van der Waals surface area (Å²) in [4.78, 5) is 8.31. The second kappa shape index (κ2) is 3.99. The topological polar surface area (TPSA) is 76.4 Å². The van der Waals surface area contributed by atoms with Crippen LogP contribution in [0.2, 0.25) is 0 Å². The second-order valence-corrected chi connectivity index (χ2v) is 4.63. The van der Waals surface area contributed by atoms with Crippen LogP contribution in [-0.2, 0) is 0 Å². The number of rotatable bonds is 1. The Bertz CT molecular complexity index is 738. The zero-order chi connectivity index (χ0) is 12.7. The maximum Gasteiger partial charge on any atom is 0.181 e. The molecule has 3 aromatic rings. The third kappa shape index (κ3) is 1.62. The first-order valence-corrected chi connectivity index (χ1v) is 6.03. The first-order chi connectivity index (χ1) is 8.66. The van der Waals surface area contributed by atoms with Crippen LogP contribution in [0.15, 0.2) is 41.3 Å². The van der Waals surface area contributed by atoms with Gasteiger partial charge in [-0.3, -0.25) is 4.40 Å². The van der Waals surface area contributed by atoms with E-state index in [9.17, 15) is 5.11 Å². The van der Waals surface area contributed by atoms with Gasteiger partial charge in [-0.15, -0.1) is 0 Å². The van der Waals surface area contributed by atoms with Gasteiger partial charge in [-0.2, -0.15) is 0 Å². The highest BCUT2D eigenvalue weighted by Crippen LogP contribution is 2.27. The zero-order valence-electron chi connectivity index (χ0n) is 9.21. The first kappa shape index (κ1) is 11.0. The SMILES string of the molecule is Nc1ncc(-c2cccc(O)c2)n2c(Br)cnc12. The number of halogens is 1. The van der Waals surface area contributed by atoms with E-state index in [0.717, 1.165) is 15.9 Å². The summed E-state index contributed by atoms with van der Waals surface area (Å²) in [5.41, 5.74) is 8.01. The molecule has 0 amide bonds. The molecule has 2 aromatic heterocycles. The van der Waals surface area contributed by atoms with Gasteiger partial charge in [-0.05, 0) is 28.1 Å². The number of nitrogens with two attached hydrogens (primary N) is 1. The Labute approximate surface area is 111 Å². The minimum absolute atomic E-state index is 0.203. The summed E-state index contributed by atoms with van der Waals surface area (Å²) in [5.74, 6) is 0.568. The molecule has 0 aliphatic rings. The van der Waals surface area contributed by atoms with Gasteiger partial charge >= 0.3 is 0 Å². The number of phenols is 1. The molecule has 0 saturated carbocycles. The van der Waals surface area contributed by atoms with Gasteiger partial charge in [0, 0.05) is 5.56 Å². The Hall–Kier alpha value is -2.08. The van der Waals surface area contributed by atoms with Crippen molar-refractivity contribution in [1.82, 2.24) is 14.4 Å². The number of imidazole rings is 1. The van der Waals surface area contributed by atoms with Crippen molar-refractivity contribution in [2.45, 2.75) is 0 Å². The van der Waals surface area contributed by atoms with Crippen molar-refractivity contribution >= 4 is 27.4 Å². The van der Waals surface area contributed by atoms with E-state index in [0.29, 0.717) is 11.5 Å². The van der Waals surface area contributed by atoms with Crippen LogP contribution in [0.4, 0.5) is 5.82 Å². The molecule has 5 nitrogen and oxygen atoms in total. The number of anilines is 1. The van der Waals surface area contributed by atoms with E-state index < -0.39 is 0 Å². The predicted octanol–water partition coefficient (Wildman–Crippen LogP) is 2.45. The average Bonchev–Trinajstić information content (AvgIpc) is 2.73. The Morgan fingerprint density at radius 2 is 2.06 bits per heavy atom. The highest BCUT2D eigenvalue weighted by Gasteiger charge is 2.11. The quantitative estimate of drug-likeness (QED) is 0.724. The van der Waals surface area contributed by atoms with Crippen LogP contribution in [0.5, 0.6) is 5.75 Å². The lowest BCUT2D eigenvalue weighted by Gasteiger charge is -2.08. The summed E-state index contributed by atoms with van der Waals surface area (Å²) < 4.78 is 2.63. The Balaban J connectivity index is 2.36. The third-order valence-electron chi connectivity index (χ3n) is 2.66. The molecule has 3 N–H and O–H groups in total. The standard InChI is InChI=1S/C12H9BrN4O/c13-10-6-16-12-11(14)15-5-9(17(10)12)7-2-1-3-8(18)4-7/h1-6,18H,(H2,14,15). The van der Waals surface area contributed by atoms with Crippen LogP contribution in [0.25, 0.3) is 16.9 Å². The van der Waals surface area contributed by atoms with Gasteiger partial charge in [0.05, 0.1) is 18.1 Å². The lowest BCUT2D eigenvalue weighted by atomic mass is 10.1. The number of aromatic hydroxyl groups is 1. The van der Waals surface area contributed by atoms with Crippen molar-refractivity contribution in [2.24, 2.45) is 0 Å². The van der Waals surface area contributed by atoms with Crippen molar-refractivity contribution in [3.8, 4) is 17.0 Å². The molecule has 3 rings (SSSR count). The van der Waals surface area contributed by atoms with Gasteiger partial charge in [0.2, 0.25) is 0 Å². The molecule has 0 aliphatic carbocycles. The summed E-state index contributed by atoms with van der Waals surface area (Å²) in [6.45, 7) is 0. The van der Waals surface area contributed by atoms with Crippen LogP contribution in [0.3, 0.4) is 0 Å². The van der Waals surface area contributed by atoms with Crippen molar-refractivity contribution in [3.05, 3.63) is 41.3 Å². The fourth-order valence-corrected chi connectivity index (χ4v) is 2.32. The number of nitrogens with zero attached hydrogens (tertiary/aromatic N) is 3. The minimum atomic E-state index is 0.203. The first-order valence-electron chi connectivity index (χ1n) is 5.23. The van der Waals surface area contributed by atoms with E-state index in [1.807, 2.05) is 10.5 Å². The number of benzene rings is 1. The molecule has 2 heterocycles. The van der Waals surface area contributed by atoms with Crippen LogP contribution in [-0.4, -0.2) is 19.5 Å². The van der Waals surface area contributed by atoms with Crippen LogP contribution < -0.4 is 5.73 Å². The molecule has 0 aliphatic heterocycles. The summed E-state index contributed by atoms with van der Waals surface area (Å²) in [5, 5.41) is 9.54. The molecular weight excluding hydrogens is 296 g/mol. The average molecular weight is 305 g/mol. The number of phenolic OH excluding ortho intramolecular Hbond substituents is 1. The molecule has 0 saturated heterocycles. The molecule has 0 spiro atoms. The fraction of sp³-hybridized carbons (Fsp3) is 0. The monoisotopic (exact) mass is 304 g/mol. The van der Waals surface area contributed by atoms with E-state index >= 15 is 0 Å². The van der Waals surface area contributed by atoms with E-state index in [-0.39, 0.29) is 5.75 Å². The molecule has 0 bridgehead atoms. The molecule has 1 aromatic carbocycles. The van der Waals surface area contributed by atoms with Gasteiger partial charge in [-0.1, -0.05) is 12.1 Å². The van der Waals surface area contributed by atoms with E-state index in [1.165, 1.54) is 0 Å². The molecule has 6 heteroatoms. The number of hydrogen-bond acceptors (Lipinski definition) is 4. The number of nitrogen functional groups attached to an aromatic ring is 1. The van der Waals surface area contributed by atoms with E-state index in [2.05, 4.69) is 25.9 Å². The Kier molecular flexibility index (Phi) is 2.45. The normalized spacial score (nSPS) is 10.9. The van der Waals surface area contributed by atoms with Gasteiger partial charge in [-0.25, -0.2) is 9.97 Å². The van der Waals surface area contributed by atoms with Crippen LogP contribution >= 0.6 is 15.9 Å². The lowest BCUT2D eigenvalue weighted by Crippen LogP contribution is -2.00. The van der Waals surface area contributed by atoms with Gasteiger partial charge < -0.3 is 10.8 Å². The molecule has 0 radical (unpaired) electrons. The van der Waals surface area contributed by atoms with E-state index in [4.69, 9.17) is 5.73 Å². The maximum atomic E-state index is 9.54. The number of fused-ring (bicyclic) bond motifs is 1. The lowest BCUT2D eigenvalue weighted by molar-refractivity contribution is 0.475. The highest BCUT2D eigenvalue weighted by molar-refractivity contribution is 9.10. The van der Waals surface area contributed by atoms with Crippen molar-refractivity contribution in [1.29, 1.82) is 0 Å².